The van der Waals surface area contributed by atoms with Gasteiger partial charge in [0.15, 0.2) is 0 Å². The van der Waals surface area contributed by atoms with E-state index < -0.39 is 0 Å². The molecule has 0 radical (unpaired) electrons. The van der Waals surface area contributed by atoms with Gasteiger partial charge in [0.05, 0.1) is 21.4 Å². The minimum atomic E-state index is -0.162. The number of imidazole rings is 2. The van der Waals surface area contributed by atoms with Crippen LogP contribution in [0.1, 0.15) is 6.92 Å². The molecule has 170 valence electrons. The Morgan fingerprint density at radius 2 is 1.09 bits per heavy atom. The van der Waals surface area contributed by atoms with Crippen molar-refractivity contribution in [3.05, 3.63) is 104 Å². The van der Waals surface area contributed by atoms with Crippen molar-refractivity contribution in [1.82, 2.24) is 18.8 Å². The lowest BCUT2D eigenvalue weighted by molar-refractivity contribution is 1.09. The van der Waals surface area contributed by atoms with Crippen LogP contribution in [0, 0.1) is 0 Å². The summed E-state index contributed by atoms with van der Waals surface area (Å²) in [5.74, 6) is 0. The number of nitrogens with zero attached hydrogens (tertiary/aromatic N) is 2. The monoisotopic (exact) mass is 458 g/mol. The molecular formula is C29H22N4O2. The van der Waals surface area contributed by atoms with Crippen molar-refractivity contribution >= 4 is 67.9 Å². The molecule has 6 heteroatoms. The fourth-order valence-electron chi connectivity index (χ4n) is 5.28. The number of H-pyrrole nitrogens is 2. The lowest BCUT2D eigenvalue weighted by Gasteiger charge is -2.12. The second kappa shape index (κ2) is 7.33. The minimum Gasteiger partial charge on any atom is -0.339 e. The van der Waals surface area contributed by atoms with E-state index >= 15 is 0 Å². The summed E-state index contributed by atoms with van der Waals surface area (Å²) in [5, 5.41) is 7.41. The van der Waals surface area contributed by atoms with Crippen LogP contribution in [0.4, 0.5) is 0 Å². The topological polar surface area (TPSA) is 74.5 Å². The quantitative estimate of drug-likeness (QED) is 0.399. The number of aromatic nitrogens is 4. The number of benzene rings is 2. The Morgan fingerprint density at radius 1 is 0.657 bits per heavy atom. The normalized spacial score (nSPS) is 14.5. The van der Waals surface area contributed by atoms with Gasteiger partial charge in [-0.1, -0.05) is 44.0 Å². The molecule has 6 rings (SSSR count). The molecule has 6 nitrogen and oxygen atoms in total. The molecule has 0 bridgehead atoms. The molecule has 0 aliphatic rings. The van der Waals surface area contributed by atoms with E-state index in [0.717, 1.165) is 37.6 Å². The van der Waals surface area contributed by atoms with Crippen molar-refractivity contribution in [2.24, 2.45) is 0 Å². The summed E-state index contributed by atoms with van der Waals surface area (Å²) in [6.07, 6.45) is 12.4. The Bertz CT molecular complexity index is 2270. The smallest absolute Gasteiger partial charge is 0.264 e. The molecular weight excluding hydrogens is 436 g/mol. The molecule has 0 unspecified atom stereocenters. The first-order chi connectivity index (χ1) is 17.0. The maximum absolute atomic E-state index is 13.8. The van der Waals surface area contributed by atoms with Crippen LogP contribution in [-0.2, 0) is 0 Å². The van der Waals surface area contributed by atoms with Crippen LogP contribution in [0.15, 0.2) is 71.8 Å². The van der Waals surface area contributed by atoms with Crippen LogP contribution < -0.4 is 32.5 Å². The molecule has 4 heterocycles. The highest BCUT2D eigenvalue weighted by atomic mass is 16.1. The fraction of sp³-hybridized carbons (Fsp3) is 0.0345. The van der Waals surface area contributed by atoms with Gasteiger partial charge in [-0.2, -0.15) is 0 Å². The predicted octanol–water partition coefficient (Wildman–Crippen LogP) is 2.17. The third-order valence-electron chi connectivity index (χ3n) is 6.65. The second-order valence-electron chi connectivity index (χ2n) is 8.39. The van der Waals surface area contributed by atoms with Gasteiger partial charge in [0.2, 0.25) is 0 Å². The van der Waals surface area contributed by atoms with E-state index in [0.29, 0.717) is 27.4 Å². The zero-order valence-corrected chi connectivity index (χ0v) is 19.2. The molecule has 0 spiro atoms. The van der Waals surface area contributed by atoms with E-state index in [4.69, 9.17) is 0 Å². The Labute approximate surface area is 198 Å². The third-order valence-corrected chi connectivity index (χ3v) is 6.65. The van der Waals surface area contributed by atoms with Crippen LogP contribution in [-0.4, -0.2) is 18.8 Å². The van der Waals surface area contributed by atoms with Gasteiger partial charge in [0, 0.05) is 32.3 Å². The zero-order valence-electron chi connectivity index (χ0n) is 19.2. The molecule has 0 aliphatic carbocycles. The second-order valence-corrected chi connectivity index (χ2v) is 8.39. The molecule has 0 fully saturated rings. The standard InChI is InChI=1S/C29H22N4O2/c1-5-9-21-23(11-7-3)33-27(31-21)17-13-15-18-24-16(12-14-19(25(17)24)29(33)35)26-30-20(8-4)22(10-6-2)32(26)28(18)34/h5-15,30-31H,1-3H2,4H3/b20-8+,21-9+,22-10+,23-11+. The maximum atomic E-state index is 13.8. The van der Waals surface area contributed by atoms with E-state index in [2.05, 4.69) is 29.7 Å². The van der Waals surface area contributed by atoms with Crippen LogP contribution in [0.2, 0.25) is 0 Å². The summed E-state index contributed by atoms with van der Waals surface area (Å²) >= 11 is 0. The molecule has 2 N–H and O–H groups in total. The Kier molecular flexibility index (Phi) is 4.35. The zero-order chi connectivity index (χ0) is 24.4. The number of hydrogen-bond donors (Lipinski definition) is 2. The summed E-state index contributed by atoms with van der Waals surface area (Å²) in [6, 6.07) is 7.52. The molecule has 35 heavy (non-hydrogen) atoms. The van der Waals surface area contributed by atoms with Gasteiger partial charge in [-0.25, -0.2) is 0 Å². The highest BCUT2D eigenvalue weighted by Gasteiger charge is 2.20. The minimum absolute atomic E-state index is 0.146. The molecule has 6 aromatic rings. The van der Waals surface area contributed by atoms with Gasteiger partial charge >= 0.3 is 0 Å². The summed E-state index contributed by atoms with van der Waals surface area (Å²) in [6.45, 7) is 13.3. The van der Waals surface area contributed by atoms with E-state index in [1.807, 2.05) is 49.4 Å². The number of pyridine rings is 2. The molecule has 0 amide bonds. The first-order valence-electron chi connectivity index (χ1n) is 11.3. The number of hydrogen-bond acceptors (Lipinski definition) is 2. The van der Waals surface area contributed by atoms with Crippen LogP contribution >= 0.6 is 0 Å². The fourth-order valence-corrected chi connectivity index (χ4v) is 5.28. The lowest BCUT2D eigenvalue weighted by Crippen LogP contribution is -2.33. The number of fused-ring (bicyclic) bond motifs is 4. The SMILES string of the molecule is C=C/C=c1/[nH]c2c3ccc4c(=O)n5c(=C/C=C)/c(=C\C)[nH]c5c5ccc(c(=O)n2/c1=C/C=C)c3c45. The molecule has 0 saturated heterocycles. The van der Waals surface area contributed by atoms with Crippen molar-refractivity contribution in [2.45, 2.75) is 6.92 Å². The molecule has 0 saturated carbocycles. The largest absolute Gasteiger partial charge is 0.339 e. The number of aromatic amines is 2. The molecule has 0 atom stereocenters. The number of nitrogens with one attached hydrogen (secondary N) is 2. The van der Waals surface area contributed by atoms with Gasteiger partial charge < -0.3 is 9.97 Å². The van der Waals surface area contributed by atoms with Gasteiger partial charge in [-0.15, -0.1) is 0 Å². The number of allylic oxidation sites excluding steroid dienone is 3. The predicted molar refractivity (Wildman–Crippen MR) is 146 cm³/mol. The van der Waals surface area contributed by atoms with Gasteiger partial charge in [-0.3, -0.25) is 18.4 Å². The van der Waals surface area contributed by atoms with E-state index in [-0.39, 0.29) is 11.1 Å². The van der Waals surface area contributed by atoms with Crippen molar-refractivity contribution in [3.8, 4) is 0 Å². The maximum Gasteiger partial charge on any atom is 0.264 e. The summed E-state index contributed by atoms with van der Waals surface area (Å²) in [4.78, 5) is 34.3. The first kappa shape index (κ1) is 20.7. The van der Waals surface area contributed by atoms with E-state index in [1.165, 1.54) is 0 Å². The van der Waals surface area contributed by atoms with Gasteiger partial charge in [0.25, 0.3) is 11.1 Å². The van der Waals surface area contributed by atoms with Crippen LogP contribution in [0.25, 0.3) is 67.9 Å². The average molecular weight is 459 g/mol. The van der Waals surface area contributed by atoms with Crippen LogP contribution in [0.3, 0.4) is 0 Å². The van der Waals surface area contributed by atoms with Gasteiger partial charge in [-0.05, 0) is 49.4 Å². The molecule has 2 aromatic carbocycles. The Balaban J connectivity index is 1.99. The lowest BCUT2D eigenvalue weighted by atomic mass is 9.96. The van der Waals surface area contributed by atoms with Crippen molar-refractivity contribution in [1.29, 1.82) is 0 Å². The summed E-state index contributed by atoms with van der Waals surface area (Å²) in [7, 11) is 0. The Morgan fingerprint density at radius 3 is 1.54 bits per heavy atom. The Hall–Kier alpha value is -4.84. The summed E-state index contributed by atoms with van der Waals surface area (Å²) in [5.41, 5.74) is 1.04. The average Bonchev–Trinajstić information content (AvgIpc) is 3.41. The van der Waals surface area contributed by atoms with E-state index in [1.54, 1.807) is 33.1 Å². The highest BCUT2D eigenvalue weighted by Crippen LogP contribution is 2.33. The molecule has 4 aromatic heterocycles. The van der Waals surface area contributed by atoms with Crippen molar-refractivity contribution in [3.63, 3.8) is 0 Å². The van der Waals surface area contributed by atoms with Crippen LogP contribution in [0.5, 0.6) is 0 Å². The van der Waals surface area contributed by atoms with Crippen molar-refractivity contribution < 1.29 is 0 Å². The number of rotatable bonds is 3. The third kappa shape index (κ3) is 2.53. The first-order valence-corrected chi connectivity index (χ1v) is 11.3. The van der Waals surface area contributed by atoms with E-state index in [9.17, 15) is 9.59 Å². The molecule has 0 aliphatic heterocycles. The highest BCUT2D eigenvalue weighted by molar-refractivity contribution is 6.27. The van der Waals surface area contributed by atoms with Crippen molar-refractivity contribution in [2.75, 3.05) is 0 Å². The summed E-state index contributed by atoms with van der Waals surface area (Å²) < 4.78 is 3.35. The van der Waals surface area contributed by atoms with Gasteiger partial charge in [0.1, 0.15) is 11.3 Å².